The molecule has 1 heterocycles. The predicted molar refractivity (Wildman–Crippen MR) is 71.7 cm³/mol. The molecule has 1 aromatic rings. The summed E-state index contributed by atoms with van der Waals surface area (Å²) in [5.41, 5.74) is 7.12. The van der Waals surface area contributed by atoms with Crippen LogP contribution in [0.5, 0.6) is 0 Å². The Balaban J connectivity index is 2.21. The van der Waals surface area contributed by atoms with E-state index in [1.54, 1.807) is 4.68 Å². The summed E-state index contributed by atoms with van der Waals surface area (Å²) in [5, 5.41) is 4.93. The van der Waals surface area contributed by atoms with Crippen LogP contribution in [-0.4, -0.2) is 21.1 Å². The van der Waals surface area contributed by atoms with Crippen molar-refractivity contribution in [2.75, 3.05) is 0 Å². The van der Waals surface area contributed by atoms with Crippen molar-refractivity contribution in [2.24, 2.45) is 5.73 Å². The first-order chi connectivity index (χ1) is 8.48. The Labute approximate surface area is 112 Å². The molecular weight excluding hydrogens is 250 g/mol. The number of Topliss-reactive ketones (excluding diaryl/α,β-unsaturated/α-hetero) is 1. The summed E-state index contributed by atoms with van der Waals surface area (Å²) >= 11 is 6.21. The lowest BCUT2D eigenvalue weighted by atomic mass is 9.90. The third-order valence-corrected chi connectivity index (χ3v) is 4.32. The minimum Gasteiger partial charge on any atom is -0.319 e. The van der Waals surface area contributed by atoms with Crippen LogP contribution in [0.4, 0.5) is 0 Å². The summed E-state index contributed by atoms with van der Waals surface area (Å²) < 4.78 is 1.80. The summed E-state index contributed by atoms with van der Waals surface area (Å²) in [4.78, 5) is 12.3. The fourth-order valence-electron chi connectivity index (χ4n) is 2.65. The van der Waals surface area contributed by atoms with E-state index in [1.165, 1.54) is 0 Å². The van der Waals surface area contributed by atoms with E-state index in [-0.39, 0.29) is 5.78 Å². The Morgan fingerprint density at radius 1 is 1.50 bits per heavy atom. The third kappa shape index (κ3) is 2.31. The lowest BCUT2D eigenvalue weighted by Crippen LogP contribution is -2.46. The fourth-order valence-corrected chi connectivity index (χ4v) is 2.85. The number of hydrogen-bond acceptors (Lipinski definition) is 3. The smallest absolute Gasteiger partial charge is 0.158 e. The Bertz CT molecular complexity index is 461. The van der Waals surface area contributed by atoms with Crippen molar-refractivity contribution in [3.63, 3.8) is 0 Å². The van der Waals surface area contributed by atoms with Crippen molar-refractivity contribution in [3.05, 3.63) is 16.4 Å². The van der Waals surface area contributed by atoms with Crippen LogP contribution in [0.1, 0.15) is 44.0 Å². The van der Waals surface area contributed by atoms with Crippen LogP contribution in [0.2, 0.25) is 5.02 Å². The van der Waals surface area contributed by atoms with E-state index in [1.807, 2.05) is 13.8 Å². The number of aryl methyl sites for hydroxylation is 2. The first-order valence-electron chi connectivity index (χ1n) is 6.52. The first kappa shape index (κ1) is 13.6. The fraction of sp³-hybridized carbons (Fsp3) is 0.692. The second kappa shape index (κ2) is 5.02. The second-order valence-electron chi connectivity index (χ2n) is 5.13. The molecule has 4 nitrogen and oxygen atoms in total. The zero-order valence-corrected chi connectivity index (χ0v) is 11.8. The van der Waals surface area contributed by atoms with Crippen LogP contribution in [0.25, 0.3) is 0 Å². The molecule has 0 amide bonds. The maximum atomic E-state index is 12.3. The lowest BCUT2D eigenvalue weighted by molar-refractivity contribution is -0.123. The summed E-state index contributed by atoms with van der Waals surface area (Å²) in [5.74, 6) is 0.0940. The van der Waals surface area contributed by atoms with Gasteiger partial charge >= 0.3 is 0 Å². The largest absolute Gasteiger partial charge is 0.319 e. The number of nitrogens with zero attached hydrogens (tertiary/aromatic N) is 2. The van der Waals surface area contributed by atoms with Crippen molar-refractivity contribution in [3.8, 4) is 0 Å². The van der Waals surface area contributed by atoms with Crippen LogP contribution in [0.3, 0.4) is 0 Å². The molecule has 1 aliphatic rings. The summed E-state index contributed by atoms with van der Waals surface area (Å²) in [6.07, 6.45) is 3.97. The van der Waals surface area contributed by atoms with Gasteiger partial charge in [-0.3, -0.25) is 9.48 Å². The molecule has 0 unspecified atom stereocenters. The molecule has 0 spiro atoms. The zero-order valence-electron chi connectivity index (χ0n) is 11.0. The van der Waals surface area contributed by atoms with Gasteiger partial charge in [0.15, 0.2) is 5.78 Å². The van der Waals surface area contributed by atoms with Gasteiger partial charge in [0.05, 0.1) is 28.4 Å². The number of ketones is 1. The molecule has 2 N–H and O–H groups in total. The third-order valence-electron chi connectivity index (χ3n) is 3.83. The molecule has 18 heavy (non-hydrogen) atoms. The molecule has 1 aromatic heterocycles. The molecule has 1 aliphatic carbocycles. The van der Waals surface area contributed by atoms with Crippen LogP contribution in [-0.2, 0) is 17.8 Å². The number of aromatic nitrogens is 2. The quantitative estimate of drug-likeness (QED) is 0.912. The molecule has 0 radical (unpaired) electrons. The number of halogens is 1. The van der Waals surface area contributed by atoms with Gasteiger partial charge in [-0.1, -0.05) is 24.4 Å². The zero-order chi connectivity index (χ0) is 13.3. The van der Waals surface area contributed by atoms with Gasteiger partial charge < -0.3 is 5.73 Å². The Hall–Kier alpha value is -0.870. The molecule has 0 aliphatic heterocycles. The highest BCUT2D eigenvalue weighted by atomic mass is 35.5. The number of carbonyl (C=O) groups is 1. The molecule has 0 aromatic carbocycles. The van der Waals surface area contributed by atoms with Crippen LogP contribution < -0.4 is 5.73 Å². The number of nitrogens with two attached hydrogens (primary N) is 1. The monoisotopic (exact) mass is 269 g/mol. The highest BCUT2D eigenvalue weighted by molar-refractivity contribution is 6.32. The van der Waals surface area contributed by atoms with Crippen molar-refractivity contribution in [1.29, 1.82) is 0 Å². The molecule has 100 valence electrons. The van der Waals surface area contributed by atoms with Crippen LogP contribution >= 0.6 is 11.6 Å². The van der Waals surface area contributed by atoms with Gasteiger partial charge in [0.2, 0.25) is 0 Å². The minimum atomic E-state index is -0.639. The topological polar surface area (TPSA) is 60.9 Å². The number of carbonyl (C=O) groups excluding carboxylic acids is 1. The van der Waals surface area contributed by atoms with Crippen LogP contribution in [0, 0.1) is 6.92 Å². The van der Waals surface area contributed by atoms with E-state index < -0.39 is 5.54 Å². The average molecular weight is 270 g/mol. The summed E-state index contributed by atoms with van der Waals surface area (Å²) in [6.45, 7) is 4.56. The summed E-state index contributed by atoms with van der Waals surface area (Å²) in [7, 11) is 0. The standard InChI is InChI=1S/C13H20ClN3O/c1-3-17-10(12(14)9(2)16-17)8-11(18)13(15)6-4-5-7-13/h3-8,15H2,1-2H3. The van der Waals surface area contributed by atoms with E-state index in [2.05, 4.69) is 5.10 Å². The molecule has 1 fully saturated rings. The van der Waals surface area contributed by atoms with Crippen molar-refractivity contribution in [2.45, 2.75) is 58.0 Å². The molecule has 0 atom stereocenters. The predicted octanol–water partition coefficient (Wildman–Crippen LogP) is 2.25. The van der Waals surface area contributed by atoms with E-state index in [4.69, 9.17) is 17.3 Å². The molecule has 0 saturated heterocycles. The molecule has 0 bridgehead atoms. The second-order valence-corrected chi connectivity index (χ2v) is 5.50. The number of rotatable bonds is 4. The van der Waals surface area contributed by atoms with E-state index in [0.717, 1.165) is 37.1 Å². The van der Waals surface area contributed by atoms with Crippen LogP contribution in [0.15, 0.2) is 0 Å². The Kier molecular flexibility index (Phi) is 3.78. The Morgan fingerprint density at radius 3 is 2.67 bits per heavy atom. The average Bonchev–Trinajstić information content (AvgIpc) is 2.89. The molecule has 2 rings (SSSR count). The van der Waals surface area contributed by atoms with Crippen molar-refractivity contribution in [1.82, 2.24) is 9.78 Å². The maximum Gasteiger partial charge on any atom is 0.158 e. The van der Waals surface area contributed by atoms with Gasteiger partial charge in [0.1, 0.15) is 0 Å². The first-order valence-corrected chi connectivity index (χ1v) is 6.89. The highest BCUT2D eigenvalue weighted by Crippen LogP contribution is 2.30. The normalized spacial score (nSPS) is 18.2. The Morgan fingerprint density at radius 2 is 2.11 bits per heavy atom. The van der Waals surface area contributed by atoms with Gasteiger partial charge in [-0.25, -0.2) is 0 Å². The van der Waals surface area contributed by atoms with Gasteiger partial charge in [-0.05, 0) is 26.7 Å². The van der Waals surface area contributed by atoms with E-state index in [0.29, 0.717) is 18.0 Å². The van der Waals surface area contributed by atoms with Gasteiger partial charge in [0, 0.05) is 6.54 Å². The van der Waals surface area contributed by atoms with Gasteiger partial charge in [0.25, 0.3) is 0 Å². The lowest BCUT2D eigenvalue weighted by Gasteiger charge is -2.21. The van der Waals surface area contributed by atoms with Gasteiger partial charge in [-0.15, -0.1) is 0 Å². The van der Waals surface area contributed by atoms with Crippen molar-refractivity contribution >= 4 is 17.4 Å². The van der Waals surface area contributed by atoms with E-state index in [9.17, 15) is 4.79 Å². The molecular formula is C13H20ClN3O. The van der Waals surface area contributed by atoms with E-state index >= 15 is 0 Å². The SMILES string of the molecule is CCn1nc(C)c(Cl)c1CC(=O)C1(N)CCCC1. The highest BCUT2D eigenvalue weighted by Gasteiger charge is 2.37. The molecule has 5 heteroatoms. The summed E-state index contributed by atoms with van der Waals surface area (Å²) in [6, 6.07) is 0. The number of hydrogen-bond donors (Lipinski definition) is 1. The van der Waals surface area contributed by atoms with Crippen molar-refractivity contribution < 1.29 is 4.79 Å². The van der Waals surface area contributed by atoms with Gasteiger partial charge in [-0.2, -0.15) is 5.10 Å². The maximum absolute atomic E-state index is 12.3. The minimum absolute atomic E-state index is 0.0940. The molecule has 1 saturated carbocycles.